The van der Waals surface area contributed by atoms with Crippen LogP contribution in [0.3, 0.4) is 0 Å². The van der Waals surface area contributed by atoms with Gasteiger partial charge < -0.3 is 4.74 Å². The maximum Gasteiger partial charge on any atom is 0.0762 e. The zero-order valence-corrected chi connectivity index (χ0v) is 6.84. The maximum absolute atomic E-state index is 8.74. The largest absolute Gasteiger partial charge is 0.380 e. The monoisotopic (exact) mass is 151 g/mol. The lowest BCUT2D eigenvalue weighted by atomic mass is 9.85. The fourth-order valence-corrected chi connectivity index (χ4v) is 1.50. The number of nitriles is 1. The topological polar surface area (TPSA) is 33.0 Å². The predicted octanol–water partition coefficient (Wildman–Crippen LogP) is 1.88. The highest BCUT2D eigenvalue weighted by molar-refractivity contribution is 5.07. The molecule has 0 radical (unpaired) electrons. The van der Waals surface area contributed by atoms with Crippen molar-refractivity contribution < 1.29 is 4.74 Å². The van der Waals surface area contributed by atoms with Crippen molar-refractivity contribution in [3.8, 4) is 6.07 Å². The van der Waals surface area contributed by atoms with Crippen molar-refractivity contribution >= 4 is 0 Å². The van der Waals surface area contributed by atoms with E-state index in [1.165, 1.54) is 5.57 Å². The summed E-state index contributed by atoms with van der Waals surface area (Å²) in [5.41, 5.74) is 1.19. The van der Waals surface area contributed by atoms with Crippen molar-refractivity contribution in [2.75, 3.05) is 7.11 Å². The van der Waals surface area contributed by atoms with Gasteiger partial charge in [-0.2, -0.15) is 5.26 Å². The van der Waals surface area contributed by atoms with E-state index in [2.05, 4.69) is 12.6 Å². The molecular weight excluding hydrogens is 138 g/mol. The molecule has 0 N–H and O–H groups in total. The predicted molar refractivity (Wildman–Crippen MR) is 42.9 cm³/mol. The number of allylic oxidation sites excluding steroid dienone is 1. The molecule has 0 aromatic heterocycles. The number of nitrogens with zero attached hydrogens (tertiary/aromatic N) is 1. The number of hydrogen-bond donors (Lipinski definition) is 0. The van der Waals surface area contributed by atoms with E-state index in [-0.39, 0.29) is 12.0 Å². The molecule has 2 nitrogen and oxygen atoms in total. The molecule has 2 heteroatoms. The highest BCUT2D eigenvalue weighted by atomic mass is 16.5. The second kappa shape index (κ2) is 3.54. The summed E-state index contributed by atoms with van der Waals surface area (Å²) in [6, 6.07) is 2.25. The summed E-state index contributed by atoms with van der Waals surface area (Å²) < 4.78 is 5.18. The summed E-state index contributed by atoms with van der Waals surface area (Å²) in [5, 5.41) is 8.74. The normalized spacial score (nSPS) is 31.5. The van der Waals surface area contributed by atoms with Gasteiger partial charge >= 0.3 is 0 Å². The molecule has 0 saturated heterocycles. The van der Waals surface area contributed by atoms with Gasteiger partial charge in [0.25, 0.3) is 0 Å². The van der Waals surface area contributed by atoms with Crippen molar-refractivity contribution in [3.63, 3.8) is 0 Å². The van der Waals surface area contributed by atoms with Crippen molar-refractivity contribution in [2.24, 2.45) is 5.92 Å². The van der Waals surface area contributed by atoms with Crippen LogP contribution in [0.4, 0.5) is 0 Å². The Morgan fingerprint density at radius 3 is 3.00 bits per heavy atom. The summed E-state index contributed by atoms with van der Waals surface area (Å²) in [7, 11) is 1.67. The molecule has 0 bridgehead atoms. The van der Waals surface area contributed by atoms with Crippen LogP contribution >= 0.6 is 0 Å². The van der Waals surface area contributed by atoms with E-state index in [4.69, 9.17) is 10.00 Å². The van der Waals surface area contributed by atoms with E-state index >= 15 is 0 Å². The summed E-state index contributed by atoms with van der Waals surface area (Å²) in [5.74, 6) is 0.0289. The second-order valence-corrected chi connectivity index (χ2v) is 3.00. The molecule has 0 aromatic rings. The van der Waals surface area contributed by atoms with Gasteiger partial charge in [-0.05, 0) is 19.3 Å². The fraction of sp³-hybridized carbons (Fsp3) is 0.667. The van der Waals surface area contributed by atoms with Crippen molar-refractivity contribution in [1.82, 2.24) is 0 Å². The number of hydrogen-bond acceptors (Lipinski definition) is 2. The molecule has 0 aromatic carbocycles. The molecule has 1 aliphatic rings. The van der Waals surface area contributed by atoms with E-state index in [1.54, 1.807) is 7.11 Å². The highest BCUT2D eigenvalue weighted by Crippen LogP contribution is 2.28. The summed E-state index contributed by atoms with van der Waals surface area (Å²) in [6.07, 6.45) is 2.91. The first-order valence-corrected chi connectivity index (χ1v) is 3.87. The highest BCUT2D eigenvalue weighted by Gasteiger charge is 2.25. The third kappa shape index (κ3) is 1.81. The lowest BCUT2D eigenvalue weighted by Crippen LogP contribution is -2.26. The van der Waals surface area contributed by atoms with Crippen LogP contribution in [0.15, 0.2) is 12.2 Å². The number of rotatable bonds is 1. The average Bonchev–Trinajstić information content (AvgIpc) is 2.04. The summed E-state index contributed by atoms with van der Waals surface area (Å²) in [4.78, 5) is 0. The summed E-state index contributed by atoms with van der Waals surface area (Å²) >= 11 is 0. The molecule has 1 fully saturated rings. The van der Waals surface area contributed by atoms with Gasteiger partial charge in [0.1, 0.15) is 0 Å². The summed E-state index contributed by atoms with van der Waals surface area (Å²) in [6.45, 7) is 3.87. The first-order chi connectivity index (χ1) is 5.27. The van der Waals surface area contributed by atoms with Gasteiger partial charge in [0.05, 0.1) is 18.1 Å². The van der Waals surface area contributed by atoms with Crippen molar-refractivity contribution in [3.05, 3.63) is 12.2 Å². The molecule has 11 heavy (non-hydrogen) atoms. The van der Waals surface area contributed by atoms with Gasteiger partial charge in [-0.15, -0.1) is 0 Å². The van der Waals surface area contributed by atoms with Crippen LogP contribution in [0.5, 0.6) is 0 Å². The molecule has 1 rings (SSSR count). The van der Waals surface area contributed by atoms with Gasteiger partial charge in [0.2, 0.25) is 0 Å². The van der Waals surface area contributed by atoms with Gasteiger partial charge in [0, 0.05) is 7.11 Å². The Labute approximate surface area is 67.5 Å². The first kappa shape index (κ1) is 8.29. The van der Waals surface area contributed by atoms with Crippen LogP contribution in [0.25, 0.3) is 0 Å². The van der Waals surface area contributed by atoms with Crippen molar-refractivity contribution in [2.45, 2.75) is 25.4 Å². The minimum absolute atomic E-state index is 0.0289. The Balaban J connectivity index is 2.56. The standard InChI is InChI=1S/C9H13NO/c1-7-3-4-9(11-2)8(5-7)6-10/h8-9H,1,3-5H2,2H3. The maximum atomic E-state index is 8.74. The van der Waals surface area contributed by atoms with Crippen LogP contribution in [-0.4, -0.2) is 13.2 Å². The van der Waals surface area contributed by atoms with Gasteiger partial charge in [-0.3, -0.25) is 0 Å². The zero-order chi connectivity index (χ0) is 8.27. The Hall–Kier alpha value is -0.810. The quantitative estimate of drug-likeness (QED) is 0.536. The molecule has 60 valence electrons. The lowest BCUT2D eigenvalue weighted by Gasteiger charge is -2.26. The molecule has 0 spiro atoms. The van der Waals surface area contributed by atoms with E-state index in [1.807, 2.05) is 0 Å². The van der Waals surface area contributed by atoms with E-state index in [0.717, 1.165) is 19.3 Å². The van der Waals surface area contributed by atoms with Crippen LogP contribution in [0, 0.1) is 17.2 Å². The van der Waals surface area contributed by atoms with Gasteiger partial charge in [0.15, 0.2) is 0 Å². The van der Waals surface area contributed by atoms with Crippen LogP contribution < -0.4 is 0 Å². The molecule has 0 amide bonds. The third-order valence-corrected chi connectivity index (χ3v) is 2.21. The number of methoxy groups -OCH3 is 1. The Kier molecular flexibility index (Phi) is 2.67. The van der Waals surface area contributed by atoms with E-state index < -0.39 is 0 Å². The van der Waals surface area contributed by atoms with E-state index in [0.29, 0.717) is 0 Å². The van der Waals surface area contributed by atoms with Crippen molar-refractivity contribution in [1.29, 1.82) is 5.26 Å². The first-order valence-electron chi connectivity index (χ1n) is 3.87. The molecule has 1 saturated carbocycles. The molecule has 0 heterocycles. The van der Waals surface area contributed by atoms with Crippen LogP contribution in [0.2, 0.25) is 0 Å². The van der Waals surface area contributed by atoms with Gasteiger partial charge in [-0.25, -0.2) is 0 Å². The molecule has 2 atom stereocenters. The molecule has 1 aliphatic carbocycles. The fourth-order valence-electron chi connectivity index (χ4n) is 1.50. The molecule has 0 aliphatic heterocycles. The van der Waals surface area contributed by atoms with E-state index in [9.17, 15) is 0 Å². The minimum atomic E-state index is 0.0289. The smallest absolute Gasteiger partial charge is 0.0762 e. The Bertz CT molecular complexity index is 192. The molecular formula is C9H13NO. The van der Waals surface area contributed by atoms with Gasteiger partial charge in [-0.1, -0.05) is 12.2 Å². The zero-order valence-electron chi connectivity index (χ0n) is 6.84. The Morgan fingerprint density at radius 1 is 1.73 bits per heavy atom. The second-order valence-electron chi connectivity index (χ2n) is 3.00. The SMILES string of the molecule is C=C1CCC(OC)C(C#N)C1. The lowest BCUT2D eigenvalue weighted by molar-refractivity contribution is 0.0547. The van der Waals surface area contributed by atoms with Crippen LogP contribution in [0.1, 0.15) is 19.3 Å². The molecule has 2 unspecified atom stereocenters. The van der Waals surface area contributed by atoms with Crippen LogP contribution in [-0.2, 0) is 4.74 Å². The third-order valence-electron chi connectivity index (χ3n) is 2.21. The Morgan fingerprint density at radius 2 is 2.45 bits per heavy atom. The average molecular weight is 151 g/mol. The number of ether oxygens (including phenoxy) is 1. The minimum Gasteiger partial charge on any atom is -0.380 e.